The highest BCUT2D eigenvalue weighted by Crippen LogP contribution is 2.29. The lowest BCUT2D eigenvalue weighted by molar-refractivity contribution is 0.303. The number of aromatic amines is 1. The van der Waals surface area contributed by atoms with Gasteiger partial charge in [0.2, 0.25) is 5.95 Å². The van der Waals surface area contributed by atoms with E-state index >= 15 is 0 Å². The highest BCUT2D eigenvalue weighted by Gasteiger charge is 2.17. The van der Waals surface area contributed by atoms with Crippen LogP contribution in [0.25, 0.3) is 11.0 Å². The number of anilines is 2. The van der Waals surface area contributed by atoms with Gasteiger partial charge < -0.3 is 10.6 Å². The zero-order chi connectivity index (χ0) is 12.4. The largest absolute Gasteiger partial charge is 0.369 e. The Hall–Kier alpha value is -1.85. The number of nitrogens with zero attached hydrogens (tertiary/aromatic N) is 3. The molecular formula is C12H18N6. The SMILES string of the molecule is CNc1nc(NCCC2CCC2)c2cn[nH]c2n1. The molecule has 1 aliphatic rings. The van der Waals surface area contributed by atoms with Crippen LogP contribution in [0.5, 0.6) is 0 Å². The molecule has 6 nitrogen and oxygen atoms in total. The van der Waals surface area contributed by atoms with Crippen LogP contribution in [0.2, 0.25) is 0 Å². The van der Waals surface area contributed by atoms with Crippen molar-refractivity contribution >= 4 is 22.8 Å². The summed E-state index contributed by atoms with van der Waals surface area (Å²) in [6.45, 7) is 0.963. The molecule has 0 amide bonds. The summed E-state index contributed by atoms with van der Waals surface area (Å²) in [4.78, 5) is 8.74. The van der Waals surface area contributed by atoms with Crippen molar-refractivity contribution in [3.8, 4) is 0 Å². The molecule has 2 aromatic heterocycles. The molecule has 0 radical (unpaired) electrons. The third kappa shape index (κ3) is 2.10. The first-order valence-electron chi connectivity index (χ1n) is 6.49. The molecule has 0 aliphatic heterocycles. The van der Waals surface area contributed by atoms with Crippen molar-refractivity contribution in [2.75, 3.05) is 24.2 Å². The molecule has 1 saturated carbocycles. The first-order valence-corrected chi connectivity index (χ1v) is 6.49. The maximum absolute atomic E-state index is 4.44. The number of H-pyrrole nitrogens is 1. The summed E-state index contributed by atoms with van der Waals surface area (Å²) in [6, 6.07) is 0. The molecular weight excluding hydrogens is 228 g/mol. The van der Waals surface area contributed by atoms with Gasteiger partial charge in [-0.1, -0.05) is 19.3 Å². The van der Waals surface area contributed by atoms with Crippen molar-refractivity contribution in [1.29, 1.82) is 0 Å². The molecule has 0 bridgehead atoms. The number of fused-ring (bicyclic) bond motifs is 1. The van der Waals surface area contributed by atoms with Crippen LogP contribution in [-0.2, 0) is 0 Å². The van der Waals surface area contributed by atoms with E-state index in [-0.39, 0.29) is 0 Å². The van der Waals surface area contributed by atoms with Gasteiger partial charge in [-0.2, -0.15) is 15.1 Å². The Bertz CT molecular complexity index is 530. The standard InChI is InChI=1S/C12H18N6/c1-13-12-16-10(9-7-15-18-11(9)17-12)14-6-5-8-3-2-4-8/h7-8H,2-6H2,1H3,(H3,13,14,15,16,17,18). The lowest BCUT2D eigenvalue weighted by Crippen LogP contribution is -2.16. The maximum Gasteiger partial charge on any atom is 0.226 e. The van der Waals surface area contributed by atoms with Gasteiger partial charge in [0.15, 0.2) is 5.65 Å². The van der Waals surface area contributed by atoms with Gasteiger partial charge in [-0.15, -0.1) is 0 Å². The predicted octanol–water partition coefficient (Wildman–Crippen LogP) is 2.00. The third-order valence-electron chi connectivity index (χ3n) is 3.60. The Balaban J connectivity index is 1.74. The highest BCUT2D eigenvalue weighted by molar-refractivity contribution is 5.86. The minimum atomic E-state index is 0.609. The number of hydrogen-bond donors (Lipinski definition) is 3. The van der Waals surface area contributed by atoms with Crippen molar-refractivity contribution < 1.29 is 0 Å². The second-order valence-corrected chi connectivity index (χ2v) is 4.79. The summed E-state index contributed by atoms with van der Waals surface area (Å²) in [5.41, 5.74) is 0.764. The molecule has 96 valence electrons. The van der Waals surface area contributed by atoms with E-state index in [0.717, 1.165) is 29.3 Å². The van der Waals surface area contributed by atoms with E-state index < -0.39 is 0 Å². The van der Waals surface area contributed by atoms with E-state index in [1.165, 1.54) is 25.7 Å². The molecule has 6 heteroatoms. The van der Waals surface area contributed by atoms with Crippen LogP contribution in [0.1, 0.15) is 25.7 Å². The average Bonchev–Trinajstić information content (AvgIpc) is 2.80. The maximum atomic E-state index is 4.44. The quantitative estimate of drug-likeness (QED) is 0.752. The fourth-order valence-electron chi connectivity index (χ4n) is 2.26. The monoisotopic (exact) mass is 246 g/mol. The van der Waals surface area contributed by atoms with E-state index in [2.05, 4.69) is 30.8 Å². The molecule has 2 heterocycles. The Morgan fingerprint density at radius 2 is 2.28 bits per heavy atom. The number of nitrogens with one attached hydrogen (secondary N) is 3. The van der Waals surface area contributed by atoms with Gasteiger partial charge in [0, 0.05) is 13.6 Å². The molecule has 1 fully saturated rings. The first-order chi connectivity index (χ1) is 8.86. The molecule has 0 unspecified atom stereocenters. The summed E-state index contributed by atoms with van der Waals surface area (Å²) >= 11 is 0. The van der Waals surface area contributed by atoms with Crippen LogP contribution in [0.4, 0.5) is 11.8 Å². The summed E-state index contributed by atoms with van der Waals surface area (Å²) in [6.07, 6.45) is 7.15. The Morgan fingerprint density at radius 3 is 3.00 bits per heavy atom. The highest BCUT2D eigenvalue weighted by atomic mass is 15.2. The number of hydrogen-bond acceptors (Lipinski definition) is 5. The van der Waals surface area contributed by atoms with E-state index in [4.69, 9.17) is 0 Å². The van der Waals surface area contributed by atoms with Crippen molar-refractivity contribution in [3.05, 3.63) is 6.20 Å². The van der Waals surface area contributed by atoms with Crippen LogP contribution >= 0.6 is 0 Å². The van der Waals surface area contributed by atoms with Gasteiger partial charge in [0.25, 0.3) is 0 Å². The van der Waals surface area contributed by atoms with Crippen LogP contribution in [0.3, 0.4) is 0 Å². The summed E-state index contributed by atoms with van der Waals surface area (Å²) < 4.78 is 0. The van der Waals surface area contributed by atoms with Crippen molar-refractivity contribution in [2.24, 2.45) is 5.92 Å². The fourth-order valence-corrected chi connectivity index (χ4v) is 2.26. The van der Waals surface area contributed by atoms with Crippen LogP contribution in [0, 0.1) is 5.92 Å². The number of aromatic nitrogens is 4. The zero-order valence-corrected chi connectivity index (χ0v) is 10.5. The Morgan fingerprint density at radius 1 is 1.39 bits per heavy atom. The Kier molecular flexibility index (Phi) is 3.00. The molecule has 0 aromatic carbocycles. The zero-order valence-electron chi connectivity index (χ0n) is 10.5. The Labute approximate surface area is 106 Å². The van der Waals surface area contributed by atoms with Crippen molar-refractivity contribution in [1.82, 2.24) is 20.2 Å². The van der Waals surface area contributed by atoms with Gasteiger partial charge in [0.05, 0.1) is 11.6 Å². The molecule has 0 saturated heterocycles. The second kappa shape index (κ2) is 4.80. The van der Waals surface area contributed by atoms with E-state index in [9.17, 15) is 0 Å². The third-order valence-corrected chi connectivity index (χ3v) is 3.60. The molecule has 2 aromatic rings. The van der Waals surface area contributed by atoms with Crippen molar-refractivity contribution in [3.63, 3.8) is 0 Å². The average molecular weight is 246 g/mol. The lowest BCUT2D eigenvalue weighted by atomic mass is 9.83. The molecule has 18 heavy (non-hydrogen) atoms. The van der Waals surface area contributed by atoms with Gasteiger partial charge in [0.1, 0.15) is 5.82 Å². The summed E-state index contributed by atoms with van der Waals surface area (Å²) in [7, 11) is 1.82. The van der Waals surface area contributed by atoms with E-state index in [1.54, 1.807) is 6.20 Å². The van der Waals surface area contributed by atoms with Gasteiger partial charge >= 0.3 is 0 Å². The van der Waals surface area contributed by atoms with Crippen LogP contribution in [0.15, 0.2) is 6.20 Å². The minimum Gasteiger partial charge on any atom is -0.369 e. The topological polar surface area (TPSA) is 78.5 Å². The predicted molar refractivity (Wildman–Crippen MR) is 71.7 cm³/mol. The molecule has 3 N–H and O–H groups in total. The lowest BCUT2D eigenvalue weighted by Gasteiger charge is -2.25. The molecule has 1 aliphatic carbocycles. The van der Waals surface area contributed by atoms with Gasteiger partial charge in [-0.3, -0.25) is 5.10 Å². The van der Waals surface area contributed by atoms with E-state index in [0.29, 0.717) is 5.95 Å². The van der Waals surface area contributed by atoms with Gasteiger partial charge in [-0.25, -0.2) is 0 Å². The normalized spacial score (nSPS) is 15.6. The minimum absolute atomic E-state index is 0.609. The number of rotatable bonds is 5. The first kappa shape index (κ1) is 11.3. The molecule has 0 atom stereocenters. The summed E-state index contributed by atoms with van der Waals surface area (Å²) in [5.74, 6) is 2.37. The second-order valence-electron chi connectivity index (χ2n) is 4.79. The molecule has 0 spiro atoms. The summed E-state index contributed by atoms with van der Waals surface area (Å²) in [5, 5.41) is 14.2. The fraction of sp³-hybridized carbons (Fsp3) is 0.583. The van der Waals surface area contributed by atoms with Gasteiger partial charge in [-0.05, 0) is 12.3 Å². The van der Waals surface area contributed by atoms with Crippen LogP contribution in [-0.4, -0.2) is 33.8 Å². The molecule has 3 rings (SSSR count). The smallest absolute Gasteiger partial charge is 0.226 e. The van der Waals surface area contributed by atoms with Crippen LogP contribution < -0.4 is 10.6 Å². The van der Waals surface area contributed by atoms with Crippen molar-refractivity contribution in [2.45, 2.75) is 25.7 Å². The van der Waals surface area contributed by atoms with E-state index in [1.807, 2.05) is 7.05 Å².